The standard InChI is InChI=1S/C11H21NO2/c1-11(2,3)10(14)12-9-5-4-8(6-9)7-13/h8-9,13H,4-7H2,1-3H3,(H,12,14)/t8-,9+/m0/s1. The third-order valence-electron chi connectivity index (χ3n) is 2.82. The first kappa shape index (κ1) is 11.5. The predicted octanol–water partition coefficient (Wildman–Crippen LogP) is 1.31. The van der Waals surface area contributed by atoms with E-state index in [1.807, 2.05) is 20.8 Å². The Hall–Kier alpha value is -0.570. The molecule has 1 aliphatic carbocycles. The van der Waals surface area contributed by atoms with Crippen LogP contribution in [0.5, 0.6) is 0 Å². The van der Waals surface area contributed by atoms with Gasteiger partial charge >= 0.3 is 0 Å². The van der Waals surface area contributed by atoms with E-state index in [-0.39, 0.29) is 24.0 Å². The molecule has 3 heteroatoms. The molecule has 82 valence electrons. The minimum atomic E-state index is -0.308. The van der Waals surface area contributed by atoms with Crippen LogP contribution in [-0.2, 0) is 4.79 Å². The van der Waals surface area contributed by atoms with Crippen molar-refractivity contribution in [2.75, 3.05) is 6.61 Å². The second-order valence-electron chi connectivity index (χ2n) is 5.28. The third kappa shape index (κ3) is 2.98. The Bertz CT molecular complexity index is 208. The highest BCUT2D eigenvalue weighted by Gasteiger charge is 2.29. The first-order valence-corrected chi connectivity index (χ1v) is 5.35. The van der Waals surface area contributed by atoms with E-state index in [1.165, 1.54) is 0 Å². The summed E-state index contributed by atoms with van der Waals surface area (Å²) < 4.78 is 0. The Kier molecular flexibility index (Phi) is 3.53. The van der Waals surface area contributed by atoms with Gasteiger partial charge in [0.1, 0.15) is 0 Å². The van der Waals surface area contributed by atoms with Gasteiger partial charge in [-0.15, -0.1) is 0 Å². The van der Waals surface area contributed by atoms with E-state index >= 15 is 0 Å². The minimum Gasteiger partial charge on any atom is -0.396 e. The van der Waals surface area contributed by atoms with Gasteiger partial charge in [0.25, 0.3) is 0 Å². The molecule has 2 N–H and O–H groups in total. The lowest BCUT2D eigenvalue weighted by Crippen LogP contribution is -2.40. The average Bonchev–Trinajstić information content (AvgIpc) is 2.50. The van der Waals surface area contributed by atoms with Gasteiger partial charge in [-0.2, -0.15) is 0 Å². The van der Waals surface area contributed by atoms with E-state index in [0.717, 1.165) is 19.3 Å². The van der Waals surface area contributed by atoms with Crippen molar-refractivity contribution < 1.29 is 9.90 Å². The summed E-state index contributed by atoms with van der Waals surface area (Å²) in [6.45, 7) is 6.00. The molecule has 0 saturated heterocycles. The van der Waals surface area contributed by atoms with Gasteiger partial charge in [0.15, 0.2) is 0 Å². The molecular weight excluding hydrogens is 178 g/mol. The van der Waals surface area contributed by atoms with Crippen LogP contribution in [0.4, 0.5) is 0 Å². The lowest BCUT2D eigenvalue weighted by Gasteiger charge is -2.21. The zero-order valence-corrected chi connectivity index (χ0v) is 9.34. The van der Waals surface area contributed by atoms with Crippen LogP contribution in [0.3, 0.4) is 0 Å². The fourth-order valence-electron chi connectivity index (χ4n) is 1.77. The van der Waals surface area contributed by atoms with Crippen molar-refractivity contribution in [2.24, 2.45) is 11.3 Å². The van der Waals surface area contributed by atoms with Crippen LogP contribution in [0.2, 0.25) is 0 Å². The Morgan fingerprint density at radius 2 is 2.07 bits per heavy atom. The molecule has 0 unspecified atom stereocenters. The monoisotopic (exact) mass is 199 g/mol. The summed E-state index contributed by atoms with van der Waals surface area (Å²) >= 11 is 0. The Labute approximate surface area is 85.9 Å². The molecule has 0 heterocycles. The van der Waals surface area contributed by atoms with Crippen LogP contribution >= 0.6 is 0 Å². The topological polar surface area (TPSA) is 49.3 Å². The van der Waals surface area contributed by atoms with Gasteiger partial charge in [0.05, 0.1) is 0 Å². The Balaban J connectivity index is 2.36. The van der Waals surface area contributed by atoms with E-state index in [2.05, 4.69) is 5.32 Å². The third-order valence-corrected chi connectivity index (χ3v) is 2.82. The van der Waals surface area contributed by atoms with Crippen LogP contribution in [0, 0.1) is 11.3 Å². The molecular formula is C11H21NO2. The lowest BCUT2D eigenvalue weighted by atomic mass is 9.95. The van der Waals surface area contributed by atoms with Crippen LogP contribution in [0.25, 0.3) is 0 Å². The minimum absolute atomic E-state index is 0.112. The number of amides is 1. The number of carbonyl (C=O) groups is 1. The zero-order valence-electron chi connectivity index (χ0n) is 9.34. The van der Waals surface area contributed by atoms with Crippen LogP contribution < -0.4 is 5.32 Å². The lowest BCUT2D eigenvalue weighted by molar-refractivity contribution is -0.129. The number of hydrogen-bond acceptors (Lipinski definition) is 2. The molecule has 0 radical (unpaired) electrons. The van der Waals surface area contributed by atoms with E-state index < -0.39 is 0 Å². The highest BCUT2D eigenvalue weighted by atomic mass is 16.3. The van der Waals surface area contributed by atoms with Crippen molar-refractivity contribution in [3.8, 4) is 0 Å². The summed E-state index contributed by atoms with van der Waals surface area (Å²) in [5.74, 6) is 0.501. The van der Waals surface area contributed by atoms with Crippen molar-refractivity contribution in [3.05, 3.63) is 0 Å². The predicted molar refractivity (Wildman–Crippen MR) is 55.8 cm³/mol. The molecule has 0 aromatic carbocycles. The zero-order chi connectivity index (χ0) is 10.8. The van der Waals surface area contributed by atoms with Gasteiger partial charge in [-0.05, 0) is 25.2 Å². The van der Waals surface area contributed by atoms with Crippen molar-refractivity contribution >= 4 is 5.91 Å². The summed E-state index contributed by atoms with van der Waals surface area (Å²) in [7, 11) is 0. The molecule has 0 aromatic heterocycles. The first-order chi connectivity index (χ1) is 6.43. The van der Waals surface area contributed by atoms with E-state index in [1.54, 1.807) is 0 Å². The average molecular weight is 199 g/mol. The largest absolute Gasteiger partial charge is 0.396 e. The van der Waals surface area contributed by atoms with E-state index in [0.29, 0.717) is 5.92 Å². The van der Waals surface area contributed by atoms with Crippen LogP contribution in [0.15, 0.2) is 0 Å². The molecule has 1 fully saturated rings. The molecule has 1 saturated carbocycles. The van der Waals surface area contributed by atoms with Gasteiger partial charge < -0.3 is 10.4 Å². The molecule has 0 aliphatic heterocycles. The molecule has 2 atom stereocenters. The smallest absolute Gasteiger partial charge is 0.225 e. The molecule has 0 bridgehead atoms. The first-order valence-electron chi connectivity index (χ1n) is 5.35. The van der Waals surface area contributed by atoms with Crippen LogP contribution in [-0.4, -0.2) is 23.7 Å². The second-order valence-corrected chi connectivity index (χ2v) is 5.28. The summed E-state index contributed by atoms with van der Waals surface area (Å²) in [6.07, 6.45) is 2.97. The summed E-state index contributed by atoms with van der Waals surface area (Å²) in [6, 6.07) is 0.277. The quantitative estimate of drug-likeness (QED) is 0.704. The molecule has 1 amide bonds. The van der Waals surface area contributed by atoms with E-state index in [4.69, 9.17) is 5.11 Å². The van der Waals surface area contributed by atoms with Gasteiger partial charge in [0, 0.05) is 18.1 Å². The van der Waals surface area contributed by atoms with Crippen molar-refractivity contribution in [1.82, 2.24) is 5.32 Å². The van der Waals surface area contributed by atoms with E-state index in [9.17, 15) is 4.79 Å². The fourth-order valence-corrected chi connectivity index (χ4v) is 1.77. The molecule has 1 aliphatic rings. The second kappa shape index (κ2) is 4.30. The number of hydrogen-bond donors (Lipinski definition) is 2. The molecule has 14 heavy (non-hydrogen) atoms. The Morgan fingerprint density at radius 3 is 2.50 bits per heavy atom. The summed E-state index contributed by atoms with van der Waals surface area (Å²) in [5.41, 5.74) is -0.308. The maximum Gasteiger partial charge on any atom is 0.225 e. The SMILES string of the molecule is CC(C)(C)C(=O)N[C@@H]1CC[C@H](CO)C1. The number of carbonyl (C=O) groups excluding carboxylic acids is 1. The summed E-state index contributed by atoms with van der Waals surface area (Å²) in [4.78, 5) is 11.6. The number of rotatable bonds is 2. The van der Waals surface area contributed by atoms with Crippen molar-refractivity contribution in [3.63, 3.8) is 0 Å². The van der Waals surface area contributed by atoms with Gasteiger partial charge in [-0.1, -0.05) is 20.8 Å². The van der Waals surface area contributed by atoms with Crippen molar-refractivity contribution in [2.45, 2.75) is 46.1 Å². The highest BCUT2D eigenvalue weighted by molar-refractivity contribution is 5.81. The highest BCUT2D eigenvalue weighted by Crippen LogP contribution is 2.26. The molecule has 3 nitrogen and oxygen atoms in total. The van der Waals surface area contributed by atoms with Gasteiger partial charge in [0.2, 0.25) is 5.91 Å². The fraction of sp³-hybridized carbons (Fsp3) is 0.909. The Morgan fingerprint density at radius 1 is 1.43 bits per heavy atom. The normalized spacial score (nSPS) is 27.7. The number of aliphatic hydroxyl groups is 1. The molecule has 1 rings (SSSR count). The van der Waals surface area contributed by atoms with Crippen LogP contribution in [0.1, 0.15) is 40.0 Å². The number of nitrogens with one attached hydrogen (secondary N) is 1. The van der Waals surface area contributed by atoms with Gasteiger partial charge in [-0.3, -0.25) is 4.79 Å². The van der Waals surface area contributed by atoms with Crippen molar-refractivity contribution in [1.29, 1.82) is 0 Å². The maximum atomic E-state index is 11.6. The molecule has 0 aromatic rings. The molecule has 0 spiro atoms. The summed E-state index contributed by atoms with van der Waals surface area (Å²) in [5, 5.41) is 12.0. The number of aliphatic hydroxyl groups excluding tert-OH is 1. The van der Waals surface area contributed by atoms with Gasteiger partial charge in [-0.25, -0.2) is 0 Å². The maximum absolute atomic E-state index is 11.6.